The highest BCUT2D eigenvalue weighted by Gasteiger charge is 2.04. The molecule has 0 amide bonds. The Morgan fingerprint density at radius 3 is 2.12 bits per heavy atom. The summed E-state index contributed by atoms with van der Waals surface area (Å²) in [4.78, 5) is 8.46. The summed E-state index contributed by atoms with van der Waals surface area (Å²) < 4.78 is 0. The van der Waals surface area contributed by atoms with Gasteiger partial charge in [-0.15, -0.1) is 0 Å². The summed E-state index contributed by atoms with van der Waals surface area (Å²) >= 11 is 0. The quantitative estimate of drug-likeness (QED) is 0.835. The number of hydrogen-bond acceptors (Lipinski definition) is 3. The van der Waals surface area contributed by atoms with E-state index >= 15 is 0 Å². The summed E-state index contributed by atoms with van der Waals surface area (Å²) in [6, 6.07) is 8.04. The van der Waals surface area contributed by atoms with Crippen LogP contribution in [-0.2, 0) is 0 Å². The predicted molar refractivity (Wildman–Crippen MR) is 62.8 cm³/mol. The van der Waals surface area contributed by atoms with E-state index in [9.17, 15) is 5.11 Å². The number of aliphatic hydroxyl groups is 1. The first-order chi connectivity index (χ1) is 7.66. The van der Waals surface area contributed by atoms with Crippen molar-refractivity contribution in [2.75, 3.05) is 0 Å². The minimum absolute atomic E-state index is 0.521. The third-order valence-corrected chi connectivity index (χ3v) is 2.46. The number of rotatable bonds is 2. The molecule has 1 unspecified atom stereocenters. The van der Waals surface area contributed by atoms with E-state index in [2.05, 4.69) is 9.97 Å². The molecule has 3 nitrogen and oxygen atoms in total. The molecule has 3 heteroatoms. The smallest absolute Gasteiger partial charge is 0.159 e. The first-order valence-electron chi connectivity index (χ1n) is 5.24. The summed E-state index contributed by atoms with van der Waals surface area (Å²) in [7, 11) is 0. The van der Waals surface area contributed by atoms with Crippen molar-refractivity contribution in [3.8, 4) is 11.4 Å². The van der Waals surface area contributed by atoms with Gasteiger partial charge in [0.1, 0.15) is 0 Å². The maximum Gasteiger partial charge on any atom is 0.159 e. The van der Waals surface area contributed by atoms with Gasteiger partial charge in [0.25, 0.3) is 0 Å². The Balaban J connectivity index is 2.31. The van der Waals surface area contributed by atoms with Crippen molar-refractivity contribution >= 4 is 0 Å². The van der Waals surface area contributed by atoms with Gasteiger partial charge >= 0.3 is 0 Å². The Kier molecular flexibility index (Phi) is 2.97. The van der Waals surface area contributed by atoms with Gasteiger partial charge in [-0.25, -0.2) is 9.97 Å². The highest BCUT2D eigenvalue weighted by atomic mass is 16.3. The van der Waals surface area contributed by atoms with Gasteiger partial charge in [0, 0.05) is 23.5 Å². The van der Waals surface area contributed by atoms with E-state index in [-0.39, 0.29) is 0 Å². The Labute approximate surface area is 94.8 Å². The van der Waals surface area contributed by atoms with Crippen molar-refractivity contribution in [1.29, 1.82) is 0 Å². The predicted octanol–water partition coefficient (Wildman–Crippen LogP) is 2.51. The number of hydrogen-bond donors (Lipinski definition) is 1. The molecule has 0 aliphatic rings. The lowest BCUT2D eigenvalue weighted by molar-refractivity contribution is 0.198. The lowest BCUT2D eigenvalue weighted by Crippen LogP contribution is -1.95. The zero-order chi connectivity index (χ0) is 11.5. The van der Waals surface area contributed by atoms with Gasteiger partial charge < -0.3 is 5.11 Å². The Morgan fingerprint density at radius 2 is 1.62 bits per heavy atom. The fraction of sp³-hybridized carbons (Fsp3) is 0.231. The second-order valence-electron chi connectivity index (χ2n) is 3.88. The van der Waals surface area contributed by atoms with E-state index in [0.29, 0.717) is 5.82 Å². The summed E-state index contributed by atoms with van der Waals surface area (Å²) in [5, 5.41) is 9.34. The Bertz CT molecular complexity index is 460. The molecular weight excluding hydrogens is 200 g/mol. The van der Waals surface area contributed by atoms with Gasteiger partial charge in [-0.05, 0) is 13.8 Å². The van der Waals surface area contributed by atoms with Gasteiger partial charge in [0.2, 0.25) is 0 Å². The zero-order valence-electron chi connectivity index (χ0n) is 9.38. The molecule has 0 saturated carbocycles. The molecule has 2 aromatic rings. The summed E-state index contributed by atoms with van der Waals surface area (Å²) in [5.74, 6) is 0.685. The van der Waals surface area contributed by atoms with E-state index in [0.717, 1.165) is 11.1 Å². The average Bonchev–Trinajstić information content (AvgIpc) is 2.30. The van der Waals surface area contributed by atoms with E-state index < -0.39 is 6.10 Å². The Hall–Kier alpha value is -1.74. The minimum Gasteiger partial charge on any atom is -0.389 e. The van der Waals surface area contributed by atoms with Gasteiger partial charge in [0.05, 0.1) is 6.10 Å². The van der Waals surface area contributed by atoms with Crippen LogP contribution in [0.1, 0.15) is 24.2 Å². The number of benzene rings is 1. The molecule has 1 N–H and O–H groups in total. The third-order valence-electron chi connectivity index (χ3n) is 2.46. The van der Waals surface area contributed by atoms with Gasteiger partial charge in [-0.3, -0.25) is 0 Å². The number of aliphatic hydroxyl groups excluding tert-OH is 1. The molecule has 0 spiro atoms. The molecule has 0 saturated heterocycles. The van der Waals surface area contributed by atoms with Crippen molar-refractivity contribution in [2.24, 2.45) is 0 Å². The molecule has 1 atom stereocenters. The first kappa shape index (κ1) is 10.8. The van der Waals surface area contributed by atoms with Crippen LogP contribution in [0.4, 0.5) is 0 Å². The van der Waals surface area contributed by atoms with E-state index in [1.807, 2.05) is 31.2 Å². The lowest BCUT2D eigenvalue weighted by atomic mass is 10.1. The molecule has 0 radical (unpaired) electrons. The van der Waals surface area contributed by atoms with Crippen LogP contribution >= 0.6 is 0 Å². The maximum atomic E-state index is 9.34. The number of aryl methyl sites for hydroxylation is 1. The van der Waals surface area contributed by atoms with Gasteiger partial charge in [0.15, 0.2) is 5.82 Å². The number of nitrogens with zero attached hydrogens (tertiary/aromatic N) is 2. The summed E-state index contributed by atoms with van der Waals surface area (Å²) in [6.45, 7) is 3.74. The maximum absolute atomic E-state index is 9.34. The normalized spacial score (nSPS) is 12.4. The molecule has 82 valence electrons. The zero-order valence-corrected chi connectivity index (χ0v) is 9.38. The highest BCUT2D eigenvalue weighted by molar-refractivity contribution is 5.54. The van der Waals surface area contributed by atoms with Crippen LogP contribution in [0.25, 0.3) is 11.4 Å². The van der Waals surface area contributed by atoms with Gasteiger partial charge in [-0.1, -0.05) is 29.8 Å². The topological polar surface area (TPSA) is 46.0 Å². The van der Waals surface area contributed by atoms with E-state index in [1.165, 1.54) is 5.56 Å². The molecule has 0 fully saturated rings. The molecule has 16 heavy (non-hydrogen) atoms. The lowest BCUT2D eigenvalue weighted by Gasteiger charge is -2.04. The largest absolute Gasteiger partial charge is 0.389 e. The SMILES string of the molecule is Cc1ccc(-c2ncc(C(C)O)cn2)cc1. The van der Waals surface area contributed by atoms with Gasteiger partial charge in [-0.2, -0.15) is 0 Å². The fourth-order valence-corrected chi connectivity index (χ4v) is 1.41. The van der Waals surface area contributed by atoms with Crippen molar-refractivity contribution in [3.05, 3.63) is 47.8 Å². The molecule has 1 aromatic heterocycles. The van der Waals surface area contributed by atoms with Crippen LogP contribution < -0.4 is 0 Å². The van der Waals surface area contributed by atoms with Crippen LogP contribution in [0.3, 0.4) is 0 Å². The second-order valence-corrected chi connectivity index (χ2v) is 3.88. The standard InChI is InChI=1S/C13H14N2O/c1-9-3-5-11(6-4-9)13-14-7-12(8-15-13)10(2)16/h3-8,10,16H,1-2H3. The molecule has 0 bridgehead atoms. The molecule has 0 aliphatic heterocycles. The third kappa shape index (κ3) is 2.25. The van der Waals surface area contributed by atoms with Crippen LogP contribution in [0.2, 0.25) is 0 Å². The molecule has 2 rings (SSSR count). The van der Waals surface area contributed by atoms with Crippen molar-refractivity contribution in [2.45, 2.75) is 20.0 Å². The summed E-state index contributed by atoms with van der Waals surface area (Å²) in [5.41, 5.74) is 2.93. The Morgan fingerprint density at radius 1 is 1.06 bits per heavy atom. The molecule has 0 aliphatic carbocycles. The van der Waals surface area contributed by atoms with E-state index in [1.54, 1.807) is 19.3 Å². The minimum atomic E-state index is -0.521. The molecular formula is C13H14N2O. The van der Waals surface area contributed by atoms with Crippen LogP contribution in [0.5, 0.6) is 0 Å². The monoisotopic (exact) mass is 214 g/mol. The van der Waals surface area contributed by atoms with Crippen LogP contribution in [0.15, 0.2) is 36.7 Å². The molecule has 1 heterocycles. The fourth-order valence-electron chi connectivity index (χ4n) is 1.41. The summed E-state index contributed by atoms with van der Waals surface area (Å²) in [6.07, 6.45) is 2.80. The average molecular weight is 214 g/mol. The highest BCUT2D eigenvalue weighted by Crippen LogP contribution is 2.16. The first-order valence-corrected chi connectivity index (χ1v) is 5.24. The number of aromatic nitrogens is 2. The van der Waals surface area contributed by atoms with Crippen molar-refractivity contribution in [3.63, 3.8) is 0 Å². The molecule has 1 aromatic carbocycles. The van der Waals surface area contributed by atoms with Crippen molar-refractivity contribution < 1.29 is 5.11 Å². The second kappa shape index (κ2) is 4.41. The van der Waals surface area contributed by atoms with Crippen LogP contribution in [-0.4, -0.2) is 15.1 Å². The van der Waals surface area contributed by atoms with Crippen LogP contribution in [0, 0.1) is 6.92 Å². The van der Waals surface area contributed by atoms with Crippen molar-refractivity contribution in [1.82, 2.24) is 9.97 Å². The van der Waals surface area contributed by atoms with E-state index in [4.69, 9.17) is 0 Å².